The molecule has 6 nitrogen and oxygen atoms in total. The lowest BCUT2D eigenvalue weighted by Gasteiger charge is -2.25. The molecule has 120 valence electrons. The number of hydrogen-bond donors (Lipinski definition) is 0. The molecule has 0 radical (unpaired) electrons. The quantitative estimate of drug-likeness (QED) is 0.797. The minimum absolute atomic E-state index is 0.00290. The van der Waals surface area contributed by atoms with Crippen LogP contribution in [0.3, 0.4) is 0 Å². The first-order valence-corrected chi connectivity index (χ1v) is 6.87. The number of carbonyl (C=O) groups excluding carboxylic acids is 3. The van der Waals surface area contributed by atoms with Crippen LogP contribution in [0.25, 0.3) is 0 Å². The molecule has 0 spiro atoms. The third-order valence-corrected chi connectivity index (χ3v) is 2.63. The maximum absolute atomic E-state index is 12.3. The molecule has 0 aliphatic rings. The second kappa shape index (κ2) is 7.59. The van der Waals surface area contributed by atoms with Crippen LogP contribution >= 0.6 is 0 Å². The predicted octanol–water partition coefficient (Wildman–Crippen LogP) is 2.17. The summed E-state index contributed by atoms with van der Waals surface area (Å²) >= 11 is 0. The number of methoxy groups -OCH3 is 1. The number of nitrogens with zero attached hydrogens (tertiary/aromatic N) is 1. The van der Waals surface area contributed by atoms with Crippen molar-refractivity contribution in [1.82, 2.24) is 4.90 Å². The van der Waals surface area contributed by atoms with Crippen LogP contribution in [0.2, 0.25) is 0 Å². The number of benzene rings is 1. The Balaban J connectivity index is 2.86. The lowest BCUT2D eigenvalue weighted by atomic mass is 10.1. The Bertz CT molecular complexity index is 533. The van der Waals surface area contributed by atoms with Gasteiger partial charge in [-0.05, 0) is 26.3 Å². The normalized spacial score (nSPS) is 10.7. The van der Waals surface area contributed by atoms with Gasteiger partial charge in [0.1, 0.15) is 12.1 Å². The molecule has 6 heteroatoms. The van der Waals surface area contributed by atoms with E-state index in [9.17, 15) is 14.4 Å². The van der Waals surface area contributed by atoms with Crippen LogP contribution in [0.5, 0.6) is 0 Å². The summed E-state index contributed by atoms with van der Waals surface area (Å²) in [4.78, 5) is 36.6. The molecule has 1 aromatic carbocycles. The third-order valence-electron chi connectivity index (χ3n) is 2.63. The van der Waals surface area contributed by atoms with Crippen molar-refractivity contribution < 1.29 is 23.9 Å². The van der Waals surface area contributed by atoms with Crippen molar-refractivity contribution in [1.29, 1.82) is 0 Å². The molecule has 0 unspecified atom stereocenters. The summed E-state index contributed by atoms with van der Waals surface area (Å²) in [6.07, 6.45) is -0.865. The van der Waals surface area contributed by atoms with Crippen LogP contribution < -0.4 is 0 Å². The molecule has 0 bridgehead atoms. The monoisotopic (exact) mass is 307 g/mol. The fourth-order valence-corrected chi connectivity index (χ4v) is 1.63. The highest BCUT2D eigenvalue weighted by Crippen LogP contribution is 2.12. The zero-order chi connectivity index (χ0) is 16.8. The molecule has 0 heterocycles. The van der Waals surface area contributed by atoms with Crippen LogP contribution in [0, 0.1) is 0 Å². The first-order valence-electron chi connectivity index (χ1n) is 6.87. The topological polar surface area (TPSA) is 72.9 Å². The molecule has 0 aromatic heterocycles. The predicted molar refractivity (Wildman–Crippen MR) is 80.1 cm³/mol. The van der Waals surface area contributed by atoms with Gasteiger partial charge in [0, 0.05) is 0 Å². The van der Waals surface area contributed by atoms with E-state index in [0.717, 1.165) is 10.5 Å². The highest BCUT2D eigenvalue weighted by molar-refractivity contribution is 5.96. The van der Waals surface area contributed by atoms with Crippen molar-refractivity contribution in [2.45, 2.75) is 32.8 Å². The molecule has 22 heavy (non-hydrogen) atoms. The van der Waals surface area contributed by atoms with E-state index in [0.29, 0.717) is 0 Å². The van der Waals surface area contributed by atoms with Crippen LogP contribution in [-0.2, 0) is 25.5 Å². The lowest BCUT2D eigenvalue weighted by Crippen LogP contribution is -2.44. The zero-order valence-corrected chi connectivity index (χ0v) is 13.3. The summed E-state index contributed by atoms with van der Waals surface area (Å²) in [5.41, 5.74) is -0.0238. The van der Waals surface area contributed by atoms with E-state index < -0.39 is 30.1 Å². The molecule has 0 saturated carbocycles. The van der Waals surface area contributed by atoms with Gasteiger partial charge < -0.3 is 9.47 Å². The second-order valence-corrected chi connectivity index (χ2v) is 5.70. The van der Waals surface area contributed by atoms with Gasteiger partial charge in [-0.3, -0.25) is 9.59 Å². The molecule has 0 saturated heterocycles. The Morgan fingerprint density at radius 1 is 1.09 bits per heavy atom. The Hall–Kier alpha value is -2.37. The van der Waals surface area contributed by atoms with Gasteiger partial charge in [-0.15, -0.1) is 0 Å². The fourth-order valence-electron chi connectivity index (χ4n) is 1.63. The molecule has 1 rings (SSSR count). The van der Waals surface area contributed by atoms with E-state index in [1.54, 1.807) is 45.0 Å². The Morgan fingerprint density at radius 2 is 1.68 bits per heavy atom. The maximum atomic E-state index is 12.3. The van der Waals surface area contributed by atoms with Crippen LogP contribution in [0.15, 0.2) is 30.3 Å². The lowest BCUT2D eigenvalue weighted by molar-refractivity contribution is -0.146. The highest BCUT2D eigenvalue weighted by Gasteiger charge is 2.29. The van der Waals surface area contributed by atoms with Crippen LogP contribution in [-0.4, -0.2) is 42.1 Å². The van der Waals surface area contributed by atoms with Gasteiger partial charge in [0.2, 0.25) is 5.91 Å². The summed E-state index contributed by atoms with van der Waals surface area (Å²) in [6.45, 7) is 4.58. The van der Waals surface area contributed by atoms with Gasteiger partial charge in [0.15, 0.2) is 0 Å². The number of ether oxygens (including phenoxy) is 2. The van der Waals surface area contributed by atoms with Crippen molar-refractivity contribution in [3.8, 4) is 0 Å². The van der Waals surface area contributed by atoms with Crippen molar-refractivity contribution >= 4 is 18.0 Å². The summed E-state index contributed by atoms with van der Waals surface area (Å²) < 4.78 is 9.68. The summed E-state index contributed by atoms with van der Waals surface area (Å²) in [6, 6.07) is 8.95. The number of carbonyl (C=O) groups is 3. The van der Waals surface area contributed by atoms with Crippen LogP contribution in [0.4, 0.5) is 4.79 Å². The molecule has 0 aliphatic heterocycles. The molecular formula is C16H21NO5. The smallest absolute Gasteiger partial charge is 0.417 e. The van der Waals surface area contributed by atoms with Crippen LogP contribution in [0.1, 0.15) is 26.3 Å². The minimum Gasteiger partial charge on any atom is -0.468 e. The maximum Gasteiger partial charge on any atom is 0.417 e. The van der Waals surface area contributed by atoms with Gasteiger partial charge in [0.05, 0.1) is 13.5 Å². The first kappa shape index (κ1) is 17.7. The number of esters is 1. The average Bonchev–Trinajstić information content (AvgIpc) is 2.43. The number of hydrogen-bond acceptors (Lipinski definition) is 5. The van der Waals surface area contributed by atoms with E-state index in [4.69, 9.17) is 4.74 Å². The van der Waals surface area contributed by atoms with Crippen molar-refractivity contribution in [2.24, 2.45) is 0 Å². The molecule has 0 N–H and O–H groups in total. The molecule has 0 atom stereocenters. The van der Waals surface area contributed by atoms with E-state index >= 15 is 0 Å². The van der Waals surface area contributed by atoms with Crippen molar-refractivity contribution in [3.63, 3.8) is 0 Å². The van der Waals surface area contributed by atoms with E-state index in [2.05, 4.69) is 4.74 Å². The van der Waals surface area contributed by atoms with Gasteiger partial charge in [0.25, 0.3) is 0 Å². The molecule has 2 amide bonds. The summed E-state index contributed by atoms with van der Waals surface area (Å²) in [5, 5.41) is 0. The summed E-state index contributed by atoms with van der Waals surface area (Å²) in [7, 11) is 1.19. The fraction of sp³-hybridized carbons (Fsp3) is 0.438. The number of amides is 2. The van der Waals surface area contributed by atoms with Crippen molar-refractivity contribution in [2.75, 3.05) is 13.7 Å². The Morgan fingerprint density at radius 3 is 2.18 bits per heavy atom. The van der Waals surface area contributed by atoms with E-state index in [1.807, 2.05) is 6.07 Å². The largest absolute Gasteiger partial charge is 0.468 e. The Kier molecular flexibility index (Phi) is 6.10. The summed E-state index contributed by atoms with van der Waals surface area (Å²) in [5.74, 6) is -1.21. The zero-order valence-electron chi connectivity index (χ0n) is 13.3. The van der Waals surface area contributed by atoms with E-state index in [-0.39, 0.29) is 6.42 Å². The molecular weight excluding hydrogens is 286 g/mol. The Labute approximate surface area is 130 Å². The van der Waals surface area contributed by atoms with Gasteiger partial charge >= 0.3 is 12.1 Å². The average molecular weight is 307 g/mol. The van der Waals surface area contributed by atoms with Crippen molar-refractivity contribution in [3.05, 3.63) is 35.9 Å². The highest BCUT2D eigenvalue weighted by atomic mass is 16.6. The van der Waals surface area contributed by atoms with Gasteiger partial charge in [-0.2, -0.15) is 0 Å². The molecule has 1 aromatic rings. The standard InChI is InChI=1S/C16H21NO5/c1-16(2,3)22-15(20)17(11-14(19)21-4)13(18)10-12-8-6-5-7-9-12/h5-9H,10-11H2,1-4H3. The van der Waals surface area contributed by atoms with Gasteiger partial charge in [-0.25, -0.2) is 9.69 Å². The second-order valence-electron chi connectivity index (χ2n) is 5.70. The minimum atomic E-state index is -0.862. The molecule has 0 fully saturated rings. The van der Waals surface area contributed by atoms with E-state index in [1.165, 1.54) is 7.11 Å². The SMILES string of the molecule is COC(=O)CN(C(=O)Cc1ccccc1)C(=O)OC(C)(C)C. The third kappa shape index (κ3) is 5.95. The molecule has 0 aliphatic carbocycles. The number of rotatable bonds is 4. The first-order chi connectivity index (χ1) is 10.2. The number of imide groups is 1. The van der Waals surface area contributed by atoms with Gasteiger partial charge in [-0.1, -0.05) is 30.3 Å².